The Morgan fingerprint density at radius 1 is 1.00 bits per heavy atom. The molecule has 30 heavy (non-hydrogen) atoms. The van der Waals surface area contributed by atoms with Crippen molar-refractivity contribution < 1.29 is 17.6 Å². The van der Waals surface area contributed by atoms with Crippen molar-refractivity contribution in [3.63, 3.8) is 0 Å². The Morgan fingerprint density at radius 2 is 1.70 bits per heavy atom. The predicted molar refractivity (Wildman–Crippen MR) is 111 cm³/mol. The fourth-order valence-electron chi connectivity index (χ4n) is 4.20. The number of rotatable bonds is 6. The minimum Gasteiger partial charge on any atom is -0.436 e. The average Bonchev–Trinajstić information content (AvgIpc) is 3.26. The van der Waals surface area contributed by atoms with Gasteiger partial charge in [0.05, 0.1) is 16.6 Å². The molecule has 4 nitrogen and oxygen atoms in total. The molecule has 0 aliphatic rings. The lowest BCUT2D eigenvalue weighted by Gasteiger charge is -2.22. The molecule has 0 saturated carbocycles. The van der Waals surface area contributed by atoms with E-state index in [4.69, 9.17) is 4.42 Å². The third kappa shape index (κ3) is 3.57. The first kappa shape index (κ1) is 20.4. The summed E-state index contributed by atoms with van der Waals surface area (Å²) in [7, 11) is 0. The minimum atomic E-state index is -4.52. The van der Waals surface area contributed by atoms with Crippen molar-refractivity contribution in [2.24, 2.45) is 0 Å². The monoisotopic (exact) mass is 415 g/mol. The van der Waals surface area contributed by atoms with Crippen LogP contribution >= 0.6 is 0 Å². The van der Waals surface area contributed by atoms with Gasteiger partial charge >= 0.3 is 6.18 Å². The quantitative estimate of drug-likeness (QED) is 0.331. The Bertz CT molecular complexity index is 1150. The van der Waals surface area contributed by atoms with Crippen LogP contribution in [-0.4, -0.2) is 14.5 Å². The summed E-state index contributed by atoms with van der Waals surface area (Å²) in [5.74, 6) is 0.756. The number of nitrogens with zero attached hydrogens (tertiary/aromatic N) is 3. The SMILES string of the molecule is CCCC(CCC)n1c(C)nc2cc(-c3nc4ccccc4o3)cc(C(F)(F)F)c21. The smallest absolute Gasteiger partial charge is 0.418 e. The van der Waals surface area contributed by atoms with Gasteiger partial charge in [-0.05, 0) is 44.0 Å². The maximum absolute atomic E-state index is 14.2. The van der Waals surface area contributed by atoms with Gasteiger partial charge in [0.1, 0.15) is 11.3 Å². The topological polar surface area (TPSA) is 43.9 Å². The molecule has 4 rings (SSSR count). The van der Waals surface area contributed by atoms with E-state index in [1.165, 1.54) is 0 Å². The Kier molecular flexibility index (Phi) is 5.30. The second kappa shape index (κ2) is 7.78. The van der Waals surface area contributed by atoms with Crippen LogP contribution in [0.1, 0.15) is 57.0 Å². The summed E-state index contributed by atoms with van der Waals surface area (Å²) in [5.41, 5.74) is 1.18. The van der Waals surface area contributed by atoms with Crippen molar-refractivity contribution in [3.05, 3.63) is 47.8 Å². The summed E-state index contributed by atoms with van der Waals surface area (Å²) in [4.78, 5) is 8.87. The van der Waals surface area contributed by atoms with Gasteiger partial charge in [0, 0.05) is 11.6 Å². The maximum atomic E-state index is 14.2. The van der Waals surface area contributed by atoms with Crippen molar-refractivity contribution >= 4 is 22.1 Å². The van der Waals surface area contributed by atoms with Gasteiger partial charge in [-0.15, -0.1) is 0 Å². The van der Waals surface area contributed by atoms with Crippen LogP contribution in [0, 0.1) is 6.92 Å². The van der Waals surface area contributed by atoms with Crippen LogP contribution in [0.5, 0.6) is 0 Å². The fraction of sp³-hybridized carbons (Fsp3) is 0.391. The number of hydrogen-bond acceptors (Lipinski definition) is 3. The summed E-state index contributed by atoms with van der Waals surface area (Å²) in [6.45, 7) is 5.87. The number of oxazole rings is 1. The number of fused-ring (bicyclic) bond motifs is 2. The van der Waals surface area contributed by atoms with Crippen molar-refractivity contribution in [1.29, 1.82) is 0 Å². The van der Waals surface area contributed by atoms with Gasteiger partial charge in [-0.3, -0.25) is 0 Å². The van der Waals surface area contributed by atoms with Crippen molar-refractivity contribution in [2.75, 3.05) is 0 Å². The van der Waals surface area contributed by atoms with E-state index in [9.17, 15) is 13.2 Å². The normalized spacial score (nSPS) is 12.5. The van der Waals surface area contributed by atoms with Gasteiger partial charge in [0.2, 0.25) is 5.89 Å². The highest BCUT2D eigenvalue weighted by atomic mass is 19.4. The predicted octanol–water partition coefficient (Wildman–Crippen LogP) is 7.31. The molecule has 0 fully saturated rings. The molecule has 0 aliphatic heterocycles. The number of imidazole rings is 1. The lowest BCUT2D eigenvalue weighted by Crippen LogP contribution is -2.14. The molecule has 0 radical (unpaired) electrons. The van der Waals surface area contributed by atoms with Crippen LogP contribution in [0.4, 0.5) is 13.2 Å². The lowest BCUT2D eigenvalue weighted by molar-refractivity contribution is -0.136. The molecule has 2 heterocycles. The zero-order valence-electron chi connectivity index (χ0n) is 17.3. The number of aryl methyl sites for hydroxylation is 1. The van der Waals surface area contributed by atoms with Gasteiger partial charge in [0.25, 0.3) is 0 Å². The molecule has 0 aliphatic carbocycles. The highest BCUT2D eigenvalue weighted by molar-refractivity contribution is 5.86. The Hall–Kier alpha value is -2.83. The van der Waals surface area contributed by atoms with Crippen molar-refractivity contribution in [2.45, 2.75) is 58.7 Å². The third-order valence-corrected chi connectivity index (χ3v) is 5.42. The van der Waals surface area contributed by atoms with E-state index in [2.05, 4.69) is 9.97 Å². The van der Waals surface area contributed by atoms with Gasteiger partial charge in [-0.1, -0.05) is 38.8 Å². The number of alkyl halides is 3. The minimum absolute atomic E-state index is 0.0127. The molecule has 0 atom stereocenters. The molecular weight excluding hydrogens is 391 g/mol. The molecule has 2 aromatic heterocycles. The second-order valence-electron chi connectivity index (χ2n) is 7.64. The number of halogens is 3. The highest BCUT2D eigenvalue weighted by Gasteiger charge is 2.36. The number of benzene rings is 2. The molecule has 0 saturated heterocycles. The summed E-state index contributed by atoms with van der Waals surface area (Å²) >= 11 is 0. The van der Waals surface area contributed by atoms with Crippen LogP contribution in [0.2, 0.25) is 0 Å². The van der Waals surface area contributed by atoms with Gasteiger partial charge in [-0.2, -0.15) is 13.2 Å². The summed E-state index contributed by atoms with van der Waals surface area (Å²) in [5, 5.41) is 0. The molecule has 7 heteroatoms. The van der Waals surface area contributed by atoms with E-state index in [0.29, 0.717) is 22.4 Å². The van der Waals surface area contributed by atoms with E-state index < -0.39 is 11.7 Å². The molecule has 0 amide bonds. The van der Waals surface area contributed by atoms with Crippen LogP contribution in [-0.2, 0) is 6.18 Å². The van der Waals surface area contributed by atoms with Crippen LogP contribution in [0.3, 0.4) is 0 Å². The summed E-state index contributed by atoms with van der Waals surface area (Å²) in [6.07, 6.45) is -1.11. The Morgan fingerprint density at radius 3 is 2.33 bits per heavy atom. The van der Waals surface area contributed by atoms with E-state index in [-0.39, 0.29) is 23.0 Å². The molecule has 0 spiro atoms. The van der Waals surface area contributed by atoms with E-state index in [0.717, 1.165) is 31.7 Å². The van der Waals surface area contributed by atoms with Crippen LogP contribution < -0.4 is 0 Å². The number of aromatic nitrogens is 3. The molecule has 2 aromatic carbocycles. The first-order valence-corrected chi connectivity index (χ1v) is 10.3. The third-order valence-electron chi connectivity index (χ3n) is 5.42. The zero-order chi connectivity index (χ0) is 21.5. The highest BCUT2D eigenvalue weighted by Crippen LogP contribution is 2.40. The first-order valence-electron chi connectivity index (χ1n) is 10.3. The molecule has 0 N–H and O–H groups in total. The van der Waals surface area contributed by atoms with Crippen molar-refractivity contribution in [1.82, 2.24) is 14.5 Å². The Balaban J connectivity index is 1.96. The van der Waals surface area contributed by atoms with Crippen molar-refractivity contribution in [3.8, 4) is 11.5 Å². The van der Waals surface area contributed by atoms with E-state index >= 15 is 0 Å². The molecular formula is C23H24F3N3O. The first-order chi connectivity index (χ1) is 14.3. The molecule has 4 aromatic rings. The van der Waals surface area contributed by atoms with Crippen LogP contribution in [0.25, 0.3) is 33.6 Å². The van der Waals surface area contributed by atoms with Gasteiger partial charge < -0.3 is 8.98 Å². The lowest BCUT2D eigenvalue weighted by atomic mass is 10.0. The Labute approximate surface area is 172 Å². The number of hydrogen-bond donors (Lipinski definition) is 0. The average molecular weight is 415 g/mol. The standard InChI is InChI=1S/C23H24F3N3O/c1-4-8-16(9-5-2)29-14(3)27-19-13-15(12-17(21(19)29)23(24,25)26)22-28-18-10-6-7-11-20(18)30-22/h6-7,10-13,16H,4-5,8-9H2,1-3H3. The molecule has 0 bridgehead atoms. The second-order valence-corrected chi connectivity index (χ2v) is 7.64. The molecule has 158 valence electrons. The number of para-hydroxylation sites is 2. The summed E-state index contributed by atoms with van der Waals surface area (Å²) < 4.78 is 49.9. The van der Waals surface area contributed by atoms with Gasteiger partial charge in [0.15, 0.2) is 5.58 Å². The van der Waals surface area contributed by atoms with E-state index in [1.54, 1.807) is 35.8 Å². The fourth-order valence-corrected chi connectivity index (χ4v) is 4.20. The van der Waals surface area contributed by atoms with Crippen LogP contribution in [0.15, 0.2) is 40.8 Å². The largest absolute Gasteiger partial charge is 0.436 e. The summed E-state index contributed by atoms with van der Waals surface area (Å²) in [6, 6.07) is 9.90. The zero-order valence-corrected chi connectivity index (χ0v) is 17.3. The van der Waals surface area contributed by atoms with Gasteiger partial charge in [-0.25, -0.2) is 9.97 Å². The maximum Gasteiger partial charge on any atom is 0.418 e. The van der Waals surface area contributed by atoms with E-state index in [1.807, 2.05) is 19.9 Å². The molecule has 0 unspecified atom stereocenters.